The lowest BCUT2D eigenvalue weighted by Gasteiger charge is -2.38. The van der Waals surface area contributed by atoms with Crippen molar-refractivity contribution in [2.24, 2.45) is 23.7 Å². The molecule has 63 heavy (non-hydrogen) atoms. The molecule has 3 aromatic carbocycles. The first kappa shape index (κ1) is 46.9. The molecule has 6 N–H and O–H groups in total. The topological polar surface area (TPSA) is 208 Å². The summed E-state index contributed by atoms with van der Waals surface area (Å²) in [6.07, 6.45) is 3.70. The summed E-state index contributed by atoms with van der Waals surface area (Å²) < 4.78 is 23.8. The average Bonchev–Trinajstić information content (AvgIpc) is 3.52. The van der Waals surface area contributed by atoms with Crippen LogP contribution in [0.2, 0.25) is 0 Å². The van der Waals surface area contributed by atoms with E-state index in [9.17, 15) is 39.9 Å². The van der Waals surface area contributed by atoms with Crippen molar-refractivity contribution in [1.82, 2.24) is 4.90 Å². The number of hydrogen-bond acceptors (Lipinski definition) is 14. The van der Waals surface area contributed by atoms with Crippen LogP contribution in [-0.4, -0.2) is 112 Å². The van der Waals surface area contributed by atoms with E-state index >= 15 is 0 Å². The Bertz CT molecular complexity index is 2300. The number of allylic oxidation sites excluding steroid dienone is 2. The van der Waals surface area contributed by atoms with Crippen LogP contribution in [0.25, 0.3) is 10.8 Å². The summed E-state index contributed by atoms with van der Waals surface area (Å²) in [4.78, 5) is 45.0. The van der Waals surface area contributed by atoms with E-state index in [0.717, 1.165) is 5.56 Å². The van der Waals surface area contributed by atoms with Crippen LogP contribution in [0.3, 0.4) is 0 Å². The molecule has 3 aromatic rings. The fraction of sp³-hybridized carbons (Fsp3) is 0.479. The number of Topliss-reactive ketones (excluding diaryl/α,β-unsaturated/α-hetero) is 1. The third-order valence-electron chi connectivity index (χ3n) is 12.9. The fourth-order valence-corrected chi connectivity index (χ4v) is 8.99. The van der Waals surface area contributed by atoms with Gasteiger partial charge in [-0.2, -0.15) is 0 Å². The Balaban J connectivity index is 1.49. The maximum absolute atomic E-state index is 14.6. The Hall–Kier alpha value is -5.61. The van der Waals surface area contributed by atoms with Gasteiger partial charge in [0.25, 0.3) is 11.7 Å². The molecular formula is C48H61N3O12. The summed E-state index contributed by atoms with van der Waals surface area (Å²) >= 11 is 0. The highest BCUT2D eigenvalue weighted by molar-refractivity contribution is 6.23. The molecule has 340 valence electrons. The lowest BCUT2D eigenvalue weighted by Crippen LogP contribution is -2.46. The largest absolute Gasteiger partial charge is 0.507 e. The smallest absolute Gasteiger partial charge is 0.312 e. The van der Waals surface area contributed by atoms with Gasteiger partial charge in [-0.1, -0.05) is 76.3 Å². The minimum absolute atomic E-state index is 0.0518. The molecular weight excluding hydrogens is 811 g/mol. The summed E-state index contributed by atoms with van der Waals surface area (Å²) in [5, 5.41) is 61.6. The number of piperazine rings is 1. The van der Waals surface area contributed by atoms with Crippen LogP contribution >= 0.6 is 0 Å². The second-order valence-electron chi connectivity index (χ2n) is 17.3. The second-order valence-corrected chi connectivity index (χ2v) is 17.3. The minimum Gasteiger partial charge on any atom is -0.507 e. The van der Waals surface area contributed by atoms with E-state index in [-0.39, 0.29) is 44.6 Å². The number of anilines is 2. The number of phenolic OH excluding ortho intramolecular Hbond substituents is 3. The molecule has 0 saturated carbocycles. The molecule has 0 unspecified atom stereocenters. The van der Waals surface area contributed by atoms with Crippen molar-refractivity contribution in [1.29, 1.82) is 0 Å². The number of nitrogens with one attached hydrogen (secondary N) is 1. The van der Waals surface area contributed by atoms with Gasteiger partial charge in [-0.05, 0) is 25.5 Å². The number of phenols is 3. The van der Waals surface area contributed by atoms with E-state index in [1.165, 1.54) is 46.3 Å². The second kappa shape index (κ2) is 19.0. The predicted octanol–water partition coefficient (Wildman–Crippen LogP) is 6.08. The van der Waals surface area contributed by atoms with E-state index in [2.05, 4.69) is 10.2 Å². The summed E-state index contributed by atoms with van der Waals surface area (Å²) in [5.41, 5.74) is 1.16. The summed E-state index contributed by atoms with van der Waals surface area (Å²) in [5.74, 6) is -8.03. The molecule has 15 heteroatoms. The zero-order chi connectivity index (χ0) is 46.1. The number of aliphatic hydroxyl groups is 2. The highest BCUT2D eigenvalue weighted by Gasteiger charge is 2.50. The first-order valence-electron chi connectivity index (χ1n) is 21.4. The van der Waals surface area contributed by atoms with Crippen LogP contribution in [0.1, 0.15) is 70.0 Å². The van der Waals surface area contributed by atoms with Crippen LogP contribution in [0, 0.1) is 30.6 Å². The third-order valence-corrected chi connectivity index (χ3v) is 12.9. The normalized spacial score (nSPS) is 30.1. The van der Waals surface area contributed by atoms with Crippen LogP contribution < -0.4 is 15.0 Å². The number of ketones is 1. The van der Waals surface area contributed by atoms with Crippen LogP contribution in [0.15, 0.2) is 66.5 Å². The number of methoxy groups -OCH3 is 1. The first-order valence-corrected chi connectivity index (χ1v) is 21.4. The van der Waals surface area contributed by atoms with Gasteiger partial charge in [0.1, 0.15) is 34.7 Å². The van der Waals surface area contributed by atoms with Gasteiger partial charge in [-0.25, -0.2) is 0 Å². The number of carbonyl (C=O) groups is 3. The lowest BCUT2D eigenvalue weighted by atomic mass is 9.78. The number of fused-ring (bicyclic) bond motifs is 14. The monoisotopic (exact) mass is 871 g/mol. The van der Waals surface area contributed by atoms with Gasteiger partial charge in [-0.3, -0.25) is 19.3 Å². The van der Waals surface area contributed by atoms with Gasteiger partial charge in [0.2, 0.25) is 0 Å². The van der Waals surface area contributed by atoms with Crippen molar-refractivity contribution in [3.05, 3.63) is 83.2 Å². The zero-order valence-corrected chi connectivity index (χ0v) is 37.4. The van der Waals surface area contributed by atoms with E-state index < -0.39 is 88.8 Å². The number of aromatic hydroxyl groups is 3. The summed E-state index contributed by atoms with van der Waals surface area (Å²) in [7, 11) is 1.45. The van der Waals surface area contributed by atoms with Gasteiger partial charge >= 0.3 is 11.8 Å². The molecule has 4 aliphatic heterocycles. The molecule has 15 nitrogen and oxygen atoms in total. The van der Waals surface area contributed by atoms with Crippen LogP contribution in [-0.2, 0) is 30.3 Å². The van der Waals surface area contributed by atoms with E-state index in [1.54, 1.807) is 46.8 Å². The Morgan fingerprint density at radius 1 is 0.889 bits per heavy atom. The number of amides is 1. The minimum atomic E-state index is -2.03. The zero-order valence-electron chi connectivity index (χ0n) is 37.4. The molecule has 4 heterocycles. The fourth-order valence-electron chi connectivity index (χ4n) is 8.99. The number of rotatable bonds is 5. The SMILES string of the molecule is CO[C@H]1C=CO[C@@]2(C)Oc3c(C)c(O)c4c(O)c(c(N5CCN(Cc6ccccc6)CC5)c(O)c4c3C2=O)NC(=O)/C(C)=C\C=C/[C@H](C)[C@H](O)[C@@H](C)[C@@H](O)[C@@H](C)[C@H](OC(C)=O)[C@@H]1C. The number of ether oxygens (including phenoxy) is 4. The molecule has 0 spiro atoms. The van der Waals surface area contributed by atoms with Gasteiger partial charge in [-0.15, -0.1) is 0 Å². The molecule has 0 radical (unpaired) electrons. The molecule has 1 fully saturated rings. The number of benzene rings is 3. The Labute approximate surface area is 368 Å². The van der Waals surface area contributed by atoms with Gasteiger partial charge in [0.05, 0.1) is 35.5 Å². The third kappa shape index (κ3) is 9.24. The summed E-state index contributed by atoms with van der Waals surface area (Å²) in [6, 6.07) is 10.00. The van der Waals surface area contributed by atoms with Crippen molar-refractivity contribution in [2.75, 3.05) is 43.5 Å². The van der Waals surface area contributed by atoms with Gasteiger partial charge in [0.15, 0.2) is 5.75 Å². The molecule has 4 aliphatic rings. The average molecular weight is 872 g/mol. The number of nitrogens with zero attached hydrogens (tertiary/aromatic N) is 2. The Morgan fingerprint density at radius 2 is 1.56 bits per heavy atom. The van der Waals surface area contributed by atoms with Gasteiger partial charge < -0.3 is 54.7 Å². The van der Waals surface area contributed by atoms with Crippen molar-refractivity contribution in [3.63, 3.8) is 0 Å². The van der Waals surface area contributed by atoms with E-state index in [1.807, 2.05) is 35.2 Å². The molecule has 9 atom stereocenters. The highest BCUT2D eigenvalue weighted by atomic mass is 16.7. The quantitative estimate of drug-likeness (QED) is 0.0977. The van der Waals surface area contributed by atoms with Crippen molar-refractivity contribution in [3.8, 4) is 23.0 Å². The van der Waals surface area contributed by atoms with Crippen molar-refractivity contribution in [2.45, 2.75) is 92.1 Å². The van der Waals surface area contributed by atoms with Crippen LogP contribution in [0.5, 0.6) is 23.0 Å². The Kier molecular flexibility index (Phi) is 14.1. The van der Waals surface area contributed by atoms with E-state index in [4.69, 9.17) is 18.9 Å². The molecule has 7 rings (SSSR count). The van der Waals surface area contributed by atoms with Crippen molar-refractivity contribution < 1.29 is 58.9 Å². The number of carbonyl (C=O) groups excluding carboxylic acids is 3. The number of aliphatic hydroxyl groups excluding tert-OH is 2. The van der Waals surface area contributed by atoms with E-state index in [0.29, 0.717) is 32.7 Å². The predicted molar refractivity (Wildman–Crippen MR) is 238 cm³/mol. The maximum Gasteiger partial charge on any atom is 0.312 e. The number of esters is 1. The molecule has 1 amide bonds. The van der Waals surface area contributed by atoms with Crippen molar-refractivity contribution >= 4 is 39.8 Å². The maximum atomic E-state index is 14.6. The molecule has 0 aliphatic carbocycles. The first-order chi connectivity index (χ1) is 29.8. The van der Waals surface area contributed by atoms with Crippen LogP contribution in [0.4, 0.5) is 11.4 Å². The molecule has 5 bridgehead atoms. The summed E-state index contributed by atoms with van der Waals surface area (Å²) in [6.45, 7) is 15.2. The standard InChI is InChI=1S/C48H61N3O12/c1-25-14-13-15-26(2)47(59)49-37-38(51-21-19-50(20-22-51)24-32-16-11-10-12-17-32)43(57)34-35(42(37)56)41(55)30(6)45-36(34)46(58)48(8,63-45)61-23-18-33(60-9)27(3)44(62-31(7)52)29(5)40(54)28(4)39(25)53/h10-18,23,25,27-29,33,39-40,44,53-57H,19-22,24H2,1-9H3,(H,49,59)/b14-13-,23-18?,26-15-/t25-,27+,28+,29+,33-,39-,40+,44+,48-/m0/s1. The highest BCUT2D eigenvalue weighted by Crippen LogP contribution is 2.57. The molecule has 1 saturated heterocycles. The molecule has 0 aromatic heterocycles. The lowest BCUT2D eigenvalue weighted by molar-refractivity contribution is -0.160. The van der Waals surface area contributed by atoms with Gasteiger partial charge in [0, 0.05) is 93.9 Å². The Morgan fingerprint density at radius 3 is 2.19 bits per heavy atom. The number of hydrogen-bond donors (Lipinski definition) is 6.